The molecule has 0 radical (unpaired) electrons. The van der Waals surface area contributed by atoms with Crippen LogP contribution in [0.4, 0.5) is 0 Å². The van der Waals surface area contributed by atoms with Gasteiger partial charge in [0.2, 0.25) is 0 Å². The molecule has 0 rings (SSSR count). The molecule has 0 aliphatic rings. The zero-order valence-electron chi connectivity index (χ0n) is 7.77. The molecule has 0 saturated heterocycles. The molecule has 0 bridgehead atoms. The second-order valence-corrected chi connectivity index (χ2v) is 2.60. The lowest BCUT2D eigenvalue weighted by atomic mass is 10.2. The molecular formula is C8H14O6. The highest BCUT2D eigenvalue weighted by Gasteiger charge is 2.04. The molecule has 0 spiro atoms. The van der Waals surface area contributed by atoms with Crippen molar-refractivity contribution in [3.8, 4) is 0 Å². The van der Waals surface area contributed by atoms with Gasteiger partial charge in [-0.05, 0) is 12.8 Å². The van der Waals surface area contributed by atoms with Gasteiger partial charge in [-0.2, -0.15) is 4.89 Å². The number of aliphatic hydroxyl groups excluding tert-OH is 1. The van der Waals surface area contributed by atoms with Crippen LogP contribution in [0.15, 0.2) is 0 Å². The second-order valence-electron chi connectivity index (χ2n) is 2.60. The van der Waals surface area contributed by atoms with Gasteiger partial charge >= 0.3 is 11.9 Å². The lowest BCUT2D eigenvalue weighted by molar-refractivity contribution is -0.275. The van der Waals surface area contributed by atoms with E-state index < -0.39 is 11.9 Å². The number of unbranched alkanes of at least 4 members (excludes halogenated alkanes) is 1. The minimum atomic E-state index is -0.880. The number of carboxylic acid groups (broad SMARTS) is 1. The van der Waals surface area contributed by atoms with Gasteiger partial charge in [0.15, 0.2) is 0 Å². The topological polar surface area (TPSA) is 93.1 Å². The molecule has 0 amide bonds. The van der Waals surface area contributed by atoms with Crippen LogP contribution in [0.25, 0.3) is 0 Å². The molecule has 0 aromatic carbocycles. The standard InChI is InChI=1S/C8H14O6/c9-5-6-13-14-8(12)4-2-1-3-7(10)11/h9H,1-6H2,(H,10,11). The van der Waals surface area contributed by atoms with Gasteiger partial charge in [0.25, 0.3) is 0 Å². The summed E-state index contributed by atoms with van der Waals surface area (Å²) in [6.07, 6.45) is 1.06. The fourth-order valence-corrected chi connectivity index (χ4v) is 0.732. The monoisotopic (exact) mass is 206 g/mol. The van der Waals surface area contributed by atoms with Crippen LogP contribution < -0.4 is 0 Å². The van der Waals surface area contributed by atoms with Crippen molar-refractivity contribution in [3.63, 3.8) is 0 Å². The molecule has 0 unspecified atom stereocenters. The summed E-state index contributed by atoms with van der Waals surface area (Å²) in [7, 11) is 0. The number of aliphatic carboxylic acids is 1. The van der Waals surface area contributed by atoms with E-state index in [1.807, 2.05) is 0 Å². The summed E-state index contributed by atoms with van der Waals surface area (Å²) in [5.74, 6) is -1.43. The van der Waals surface area contributed by atoms with Gasteiger partial charge in [-0.1, -0.05) is 0 Å². The van der Waals surface area contributed by atoms with Crippen molar-refractivity contribution in [2.75, 3.05) is 13.2 Å². The lowest BCUT2D eigenvalue weighted by Gasteiger charge is -2.01. The Morgan fingerprint density at radius 1 is 1.14 bits per heavy atom. The fraction of sp³-hybridized carbons (Fsp3) is 0.750. The number of hydrogen-bond acceptors (Lipinski definition) is 5. The molecule has 82 valence electrons. The Hall–Kier alpha value is -1.14. The number of aliphatic hydroxyl groups is 1. The normalized spacial score (nSPS) is 9.79. The first-order valence-electron chi connectivity index (χ1n) is 4.31. The molecule has 0 aliphatic heterocycles. The molecule has 2 N–H and O–H groups in total. The Bertz CT molecular complexity index is 179. The summed E-state index contributed by atoms with van der Waals surface area (Å²) < 4.78 is 0. The second kappa shape index (κ2) is 8.46. The maximum Gasteiger partial charge on any atom is 0.342 e. The van der Waals surface area contributed by atoms with Gasteiger partial charge < -0.3 is 10.2 Å². The minimum absolute atomic E-state index is 0.0464. The first kappa shape index (κ1) is 12.9. The number of rotatable bonds is 8. The van der Waals surface area contributed by atoms with E-state index in [9.17, 15) is 9.59 Å². The number of hydrogen-bond donors (Lipinski definition) is 2. The first-order valence-corrected chi connectivity index (χ1v) is 4.31. The highest BCUT2D eigenvalue weighted by atomic mass is 17.2. The van der Waals surface area contributed by atoms with Crippen LogP contribution in [-0.2, 0) is 19.4 Å². The van der Waals surface area contributed by atoms with Crippen molar-refractivity contribution in [1.82, 2.24) is 0 Å². The van der Waals surface area contributed by atoms with Crippen LogP contribution >= 0.6 is 0 Å². The molecule has 6 nitrogen and oxygen atoms in total. The SMILES string of the molecule is O=C(O)CCCCC(=O)OOCCO. The van der Waals surface area contributed by atoms with E-state index in [1.165, 1.54) is 0 Å². The Balaban J connectivity index is 3.22. The van der Waals surface area contributed by atoms with E-state index in [4.69, 9.17) is 10.2 Å². The fourth-order valence-electron chi connectivity index (χ4n) is 0.732. The van der Waals surface area contributed by atoms with Gasteiger partial charge in [0.05, 0.1) is 6.61 Å². The van der Waals surface area contributed by atoms with Crippen LogP contribution in [-0.4, -0.2) is 35.4 Å². The molecule has 0 atom stereocenters. The van der Waals surface area contributed by atoms with E-state index in [1.54, 1.807) is 0 Å². The van der Waals surface area contributed by atoms with Crippen molar-refractivity contribution in [1.29, 1.82) is 0 Å². The van der Waals surface area contributed by atoms with Crippen molar-refractivity contribution in [3.05, 3.63) is 0 Å². The molecule has 0 heterocycles. The Kier molecular flexibility index (Phi) is 7.77. The maximum atomic E-state index is 10.8. The zero-order chi connectivity index (χ0) is 10.8. The highest BCUT2D eigenvalue weighted by molar-refractivity contribution is 5.69. The zero-order valence-corrected chi connectivity index (χ0v) is 7.77. The molecule has 0 aromatic rings. The van der Waals surface area contributed by atoms with Crippen LogP contribution in [0.5, 0.6) is 0 Å². The minimum Gasteiger partial charge on any atom is -0.481 e. The number of carbonyl (C=O) groups is 2. The summed E-state index contributed by atoms with van der Waals surface area (Å²) in [4.78, 5) is 29.4. The van der Waals surface area contributed by atoms with E-state index in [-0.39, 0.29) is 26.1 Å². The van der Waals surface area contributed by atoms with Gasteiger partial charge in [0.1, 0.15) is 6.61 Å². The first-order chi connectivity index (χ1) is 6.66. The predicted molar refractivity (Wildman–Crippen MR) is 45.2 cm³/mol. The average molecular weight is 206 g/mol. The van der Waals surface area contributed by atoms with Crippen LogP contribution in [0, 0.1) is 0 Å². The van der Waals surface area contributed by atoms with Crippen molar-refractivity contribution in [2.45, 2.75) is 25.7 Å². The van der Waals surface area contributed by atoms with Gasteiger partial charge in [0, 0.05) is 12.8 Å². The van der Waals surface area contributed by atoms with Crippen LogP contribution in [0.1, 0.15) is 25.7 Å². The molecule has 0 aromatic heterocycles. The third-order valence-electron chi connectivity index (χ3n) is 1.35. The quantitative estimate of drug-likeness (QED) is 0.332. The van der Waals surface area contributed by atoms with Gasteiger partial charge in [-0.3, -0.25) is 9.68 Å². The molecule has 6 heteroatoms. The molecule has 0 saturated carbocycles. The average Bonchev–Trinajstić information content (AvgIpc) is 2.13. The summed E-state index contributed by atoms with van der Waals surface area (Å²) in [6.45, 7) is -0.271. The number of carboxylic acids is 1. The van der Waals surface area contributed by atoms with Crippen molar-refractivity contribution in [2.24, 2.45) is 0 Å². The predicted octanol–water partition coefficient (Wildman–Crippen LogP) is 0.0985. The van der Waals surface area contributed by atoms with Crippen molar-refractivity contribution >= 4 is 11.9 Å². The Labute approximate surface area is 81.4 Å². The highest BCUT2D eigenvalue weighted by Crippen LogP contribution is 2.01. The van der Waals surface area contributed by atoms with Gasteiger partial charge in [-0.15, -0.1) is 0 Å². The Morgan fingerprint density at radius 2 is 1.79 bits per heavy atom. The summed E-state index contributed by atoms with van der Waals surface area (Å²) in [5.41, 5.74) is 0. The third kappa shape index (κ3) is 8.95. The summed E-state index contributed by atoms with van der Waals surface area (Å²) >= 11 is 0. The molecule has 0 fully saturated rings. The van der Waals surface area contributed by atoms with Crippen LogP contribution in [0.3, 0.4) is 0 Å². The molecule has 0 aliphatic carbocycles. The van der Waals surface area contributed by atoms with E-state index in [0.29, 0.717) is 12.8 Å². The third-order valence-corrected chi connectivity index (χ3v) is 1.35. The maximum absolute atomic E-state index is 10.8. The smallest absolute Gasteiger partial charge is 0.342 e. The van der Waals surface area contributed by atoms with E-state index >= 15 is 0 Å². The molecule has 14 heavy (non-hydrogen) atoms. The number of carbonyl (C=O) groups excluding carboxylic acids is 1. The largest absolute Gasteiger partial charge is 0.481 e. The van der Waals surface area contributed by atoms with Gasteiger partial charge in [-0.25, -0.2) is 4.79 Å². The molecular weight excluding hydrogens is 192 g/mol. The van der Waals surface area contributed by atoms with Crippen LogP contribution in [0.2, 0.25) is 0 Å². The lowest BCUT2D eigenvalue weighted by Crippen LogP contribution is -2.08. The van der Waals surface area contributed by atoms with Crippen molar-refractivity contribution < 1.29 is 29.6 Å². The van der Waals surface area contributed by atoms with E-state index in [2.05, 4.69) is 9.78 Å². The Morgan fingerprint density at radius 3 is 2.36 bits per heavy atom. The van der Waals surface area contributed by atoms with E-state index in [0.717, 1.165) is 0 Å². The summed E-state index contributed by atoms with van der Waals surface area (Å²) in [5, 5.41) is 16.6. The summed E-state index contributed by atoms with van der Waals surface area (Å²) in [6, 6.07) is 0.